The summed E-state index contributed by atoms with van der Waals surface area (Å²) < 4.78 is 10.1. The minimum absolute atomic E-state index is 0.250. The highest BCUT2D eigenvalue weighted by Crippen LogP contribution is 2.28. The van der Waals surface area contributed by atoms with Crippen molar-refractivity contribution in [3.05, 3.63) is 30.0 Å². The van der Waals surface area contributed by atoms with Gasteiger partial charge < -0.3 is 20.5 Å². The van der Waals surface area contributed by atoms with Gasteiger partial charge in [-0.25, -0.2) is 14.8 Å². The number of carbonyl (C=O) groups excluding carboxylic acids is 1. The number of nitrogens with one attached hydrogen (secondary N) is 1. The minimum atomic E-state index is -0.491. The number of rotatable bonds is 6. The van der Waals surface area contributed by atoms with E-state index in [0.717, 1.165) is 0 Å². The molecule has 122 valence electrons. The number of benzene rings is 1. The molecule has 0 fully saturated rings. The lowest BCUT2D eigenvalue weighted by Gasteiger charge is -2.13. The third kappa shape index (κ3) is 4.04. The number of aromatic nitrogens is 2. The first kappa shape index (κ1) is 16.9. The van der Waals surface area contributed by atoms with E-state index in [2.05, 4.69) is 15.3 Å². The molecule has 8 heteroatoms. The molecule has 1 aromatic heterocycles. The summed E-state index contributed by atoms with van der Waals surface area (Å²) in [7, 11) is 1.57. The average Bonchev–Trinajstić information content (AvgIpc) is 2.56. The molecule has 0 aliphatic rings. The first-order valence-corrected chi connectivity index (χ1v) is 8.10. The highest BCUT2D eigenvalue weighted by atomic mass is 32.2. The topological polar surface area (TPSA) is 99.4 Å². The van der Waals surface area contributed by atoms with Gasteiger partial charge in [0.15, 0.2) is 5.16 Å². The van der Waals surface area contributed by atoms with Crippen LogP contribution in [0.25, 0.3) is 0 Å². The molecule has 0 amide bonds. The Morgan fingerprint density at radius 2 is 2.22 bits per heavy atom. The van der Waals surface area contributed by atoms with E-state index in [1.807, 2.05) is 6.26 Å². The summed E-state index contributed by atoms with van der Waals surface area (Å²) >= 11 is 1.37. The van der Waals surface area contributed by atoms with E-state index in [1.165, 1.54) is 18.0 Å². The number of hydrogen-bond acceptors (Lipinski definition) is 8. The molecule has 3 N–H and O–H groups in total. The molecule has 2 rings (SSSR count). The van der Waals surface area contributed by atoms with Crippen molar-refractivity contribution in [1.29, 1.82) is 0 Å². The molecule has 0 bridgehead atoms. The first-order chi connectivity index (χ1) is 11.1. The fraction of sp³-hybridized carbons (Fsp3) is 0.267. The fourth-order valence-corrected chi connectivity index (χ4v) is 2.17. The van der Waals surface area contributed by atoms with Crippen LogP contribution < -0.4 is 15.8 Å². The molecular formula is C15H18N4O3S. The predicted octanol–water partition coefficient (Wildman–Crippen LogP) is 2.71. The van der Waals surface area contributed by atoms with E-state index in [4.69, 9.17) is 15.2 Å². The second-order valence-corrected chi connectivity index (χ2v) is 5.19. The van der Waals surface area contributed by atoms with E-state index >= 15 is 0 Å². The van der Waals surface area contributed by atoms with Gasteiger partial charge in [-0.3, -0.25) is 0 Å². The number of hydrogen-bond donors (Lipinski definition) is 2. The van der Waals surface area contributed by atoms with E-state index in [1.54, 1.807) is 32.2 Å². The fourth-order valence-electron chi connectivity index (χ4n) is 1.83. The van der Waals surface area contributed by atoms with Gasteiger partial charge in [-0.1, -0.05) is 11.8 Å². The van der Waals surface area contributed by atoms with Crippen LogP contribution in [0, 0.1) is 0 Å². The van der Waals surface area contributed by atoms with Crippen LogP contribution in [0.2, 0.25) is 0 Å². The van der Waals surface area contributed by atoms with Crippen molar-refractivity contribution in [1.82, 2.24) is 9.97 Å². The minimum Gasteiger partial charge on any atom is -0.497 e. The summed E-state index contributed by atoms with van der Waals surface area (Å²) in [6, 6.07) is 5.20. The molecule has 1 aromatic carbocycles. The van der Waals surface area contributed by atoms with E-state index in [-0.39, 0.29) is 12.2 Å². The zero-order valence-electron chi connectivity index (χ0n) is 13.1. The van der Waals surface area contributed by atoms with Crippen LogP contribution >= 0.6 is 11.8 Å². The average molecular weight is 334 g/mol. The van der Waals surface area contributed by atoms with Gasteiger partial charge in [0.2, 0.25) is 0 Å². The maximum atomic E-state index is 12.0. The van der Waals surface area contributed by atoms with Crippen LogP contribution in [0.1, 0.15) is 17.3 Å². The highest BCUT2D eigenvalue weighted by Gasteiger charge is 2.17. The second kappa shape index (κ2) is 7.68. The Kier molecular flexibility index (Phi) is 5.64. The quantitative estimate of drug-likeness (QED) is 0.360. The van der Waals surface area contributed by atoms with Gasteiger partial charge in [-0.05, 0) is 25.3 Å². The number of carbonyl (C=O) groups is 1. The number of nitrogens with two attached hydrogens (primary N) is 1. The van der Waals surface area contributed by atoms with Gasteiger partial charge in [0.1, 0.15) is 17.1 Å². The van der Waals surface area contributed by atoms with Crippen molar-refractivity contribution in [2.45, 2.75) is 12.1 Å². The smallest absolute Gasteiger partial charge is 0.343 e. The highest BCUT2D eigenvalue weighted by molar-refractivity contribution is 7.98. The van der Waals surface area contributed by atoms with Gasteiger partial charge in [0.05, 0.1) is 25.1 Å². The van der Waals surface area contributed by atoms with Crippen molar-refractivity contribution in [3.8, 4) is 5.75 Å². The molecular weight excluding hydrogens is 316 g/mol. The predicted molar refractivity (Wildman–Crippen MR) is 90.5 cm³/mol. The zero-order chi connectivity index (χ0) is 16.8. The summed E-state index contributed by atoms with van der Waals surface area (Å²) in [5.41, 5.74) is 7.33. The molecule has 0 radical (unpaired) electrons. The molecule has 2 aromatic rings. The standard InChI is InChI=1S/C15H18N4O3S/c1-4-22-14(20)10-8-17-15(23-3)19-13(10)18-12-6-5-9(21-2)7-11(12)16/h5-8H,4,16H2,1-3H3,(H,17,18,19). The molecule has 0 spiro atoms. The Balaban J connectivity index is 2.38. The maximum absolute atomic E-state index is 12.0. The lowest BCUT2D eigenvalue weighted by atomic mass is 10.2. The monoisotopic (exact) mass is 334 g/mol. The van der Waals surface area contributed by atoms with Crippen LogP contribution in [0.4, 0.5) is 17.2 Å². The molecule has 0 saturated carbocycles. The van der Waals surface area contributed by atoms with Crippen LogP contribution in [-0.2, 0) is 4.74 Å². The number of esters is 1. The number of methoxy groups -OCH3 is 1. The normalized spacial score (nSPS) is 10.2. The summed E-state index contributed by atoms with van der Waals surface area (Å²) in [5, 5.41) is 3.60. The van der Waals surface area contributed by atoms with Crippen LogP contribution in [-0.4, -0.2) is 35.9 Å². The van der Waals surface area contributed by atoms with Gasteiger partial charge in [-0.15, -0.1) is 0 Å². The van der Waals surface area contributed by atoms with Gasteiger partial charge >= 0.3 is 5.97 Å². The molecule has 23 heavy (non-hydrogen) atoms. The second-order valence-electron chi connectivity index (χ2n) is 4.42. The van der Waals surface area contributed by atoms with Crippen molar-refractivity contribution in [2.24, 2.45) is 0 Å². The Hall–Kier alpha value is -2.48. The molecule has 0 atom stereocenters. The van der Waals surface area contributed by atoms with Crippen molar-refractivity contribution < 1.29 is 14.3 Å². The number of nitrogen functional groups attached to an aromatic ring is 1. The molecule has 0 aliphatic carbocycles. The molecule has 0 aliphatic heterocycles. The van der Waals surface area contributed by atoms with Crippen molar-refractivity contribution >= 4 is 34.9 Å². The van der Waals surface area contributed by atoms with Gasteiger partial charge in [0.25, 0.3) is 0 Å². The summed E-state index contributed by atoms with van der Waals surface area (Å²) in [4.78, 5) is 20.5. The number of ether oxygens (including phenoxy) is 2. The summed E-state index contributed by atoms with van der Waals surface area (Å²) in [6.07, 6.45) is 3.30. The number of anilines is 3. The Labute approximate surface area is 138 Å². The van der Waals surface area contributed by atoms with Crippen LogP contribution in [0.3, 0.4) is 0 Å². The Morgan fingerprint density at radius 3 is 2.83 bits per heavy atom. The number of nitrogens with zero attached hydrogens (tertiary/aromatic N) is 2. The Morgan fingerprint density at radius 1 is 1.43 bits per heavy atom. The van der Waals surface area contributed by atoms with Crippen LogP contribution in [0.5, 0.6) is 5.75 Å². The third-order valence-corrected chi connectivity index (χ3v) is 3.52. The van der Waals surface area contributed by atoms with Crippen LogP contribution in [0.15, 0.2) is 29.6 Å². The summed E-state index contributed by atoms with van der Waals surface area (Å²) in [6.45, 7) is 2.01. The van der Waals surface area contributed by atoms with Crippen molar-refractivity contribution in [3.63, 3.8) is 0 Å². The number of thioether (sulfide) groups is 1. The van der Waals surface area contributed by atoms with Gasteiger partial charge in [-0.2, -0.15) is 0 Å². The molecule has 0 saturated heterocycles. The maximum Gasteiger partial charge on any atom is 0.343 e. The van der Waals surface area contributed by atoms with E-state index < -0.39 is 5.97 Å². The lowest BCUT2D eigenvalue weighted by molar-refractivity contribution is 0.0526. The van der Waals surface area contributed by atoms with Gasteiger partial charge in [0, 0.05) is 12.3 Å². The van der Waals surface area contributed by atoms with Crippen molar-refractivity contribution in [2.75, 3.05) is 31.0 Å². The lowest BCUT2D eigenvalue weighted by Crippen LogP contribution is -2.11. The Bertz CT molecular complexity index is 709. The largest absolute Gasteiger partial charge is 0.497 e. The SMILES string of the molecule is CCOC(=O)c1cnc(SC)nc1Nc1ccc(OC)cc1N. The zero-order valence-corrected chi connectivity index (χ0v) is 13.9. The molecule has 0 unspecified atom stereocenters. The first-order valence-electron chi connectivity index (χ1n) is 6.87. The molecule has 1 heterocycles. The summed E-state index contributed by atoms with van der Waals surface area (Å²) in [5.74, 6) is 0.501. The van der Waals surface area contributed by atoms with E-state index in [9.17, 15) is 4.79 Å². The third-order valence-electron chi connectivity index (χ3n) is 2.96. The molecule has 7 nitrogen and oxygen atoms in total. The van der Waals surface area contributed by atoms with E-state index in [0.29, 0.717) is 28.1 Å².